The second-order valence-corrected chi connectivity index (χ2v) is 3.18. The van der Waals surface area contributed by atoms with Gasteiger partial charge in [-0.15, -0.1) is 12.4 Å². The van der Waals surface area contributed by atoms with E-state index in [4.69, 9.17) is 4.74 Å². The lowest BCUT2D eigenvalue weighted by atomic mass is 9.97. The molecular formula is C10H13ClFNO. The summed E-state index contributed by atoms with van der Waals surface area (Å²) in [5.41, 5.74) is 1.05. The molecule has 0 spiro atoms. The third-order valence-electron chi connectivity index (χ3n) is 2.39. The topological polar surface area (TPSA) is 21.3 Å². The average Bonchev–Trinajstić information content (AvgIpc) is 2.05. The molecule has 2 rings (SSSR count). The number of benzene rings is 1. The number of methoxy groups -OCH3 is 1. The molecule has 1 aliphatic heterocycles. The van der Waals surface area contributed by atoms with Crippen LogP contribution in [0.1, 0.15) is 18.0 Å². The second-order valence-electron chi connectivity index (χ2n) is 3.18. The third kappa shape index (κ3) is 1.99. The van der Waals surface area contributed by atoms with Crippen molar-refractivity contribution in [3.8, 4) is 5.75 Å². The van der Waals surface area contributed by atoms with E-state index in [-0.39, 0.29) is 18.2 Å². The van der Waals surface area contributed by atoms with Crippen molar-refractivity contribution in [2.75, 3.05) is 13.7 Å². The minimum atomic E-state index is -0.250. The molecule has 4 heteroatoms. The second kappa shape index (κ2) is 4.62. The van der Waals surface area contributed by atoms with E-state index < -0.39 is 0 Å². The van der Waals surface area contributed by atoms with E-state index in [1.807, 2.05) is 0 Å². The lowest BCUT2D eigenvalue weighted by Gasteiger charge is -2.29. The molecule has 1 N–H and O–H groups in total. The van der Waals surface area contributed by atoms with Crippen molar-refractivity contribution in [1.29, 1.82) is 0 Å². The molecule has 0 saturated carbocycles. The maximum atomic E-state index is 12.8. The van der Waals surface area contributed by atoms with Crippen LogP contribution in [0.4, 0.5) is 4.39 Å². The van der Waals surface area contributed by atoms with Crippen molar-refractivity contribution >= 4 is 12.4 Å². The molecule has 14 heavy (non-hydrogen) atoms. The van der Waals surface area contributed by atoms with Crippen LogP contribution in [0.15, 0.2) is 18.2 Å². The molecule has 0 aliphatic carbocycles. The van der Waals surface area contributed by atoms with Gasteiger partial charge >= 0.3 is 0 Å². The standard InChI is InChI=1S/C10H12FNO.ClH/c1-13-10-6-7(11)2-3-8(10)9-4-5-12-9;/h2-3,6,9,12H,4-5H2,1H3;1H/t9-;/m1./s1. The van der Waals surface area contributed by atoms with Crippen molar-refractivity contribution in [2.24, 2.45) is 0 Å². The Morgan fingerprint density at radius 2 is 2.21 bits per heavy atom. The number of hydrogen-bond acceptors (Lipinski definition) is 2. The molecule has 1 atom stereocenters. The highest BCUT2D eigenvalue weighted by atomic mass is 35.5. The average molecular weight is 218 g/mol. The van der Waals surface area contributed by atoms with Crippen molar-refractivity contribution in [3.63, 3.8) is 0 Å². The molecule has 1 fully saturated rings. The molecule has 0 unspecified atom stereocenters. The van der Waals surface area contributed by atoms with E-state index in [1.54, 1.807) is 13.2 Å². The largest absolute Gasteiger partial charge is 0.496 e. The molecule has 1 heterocycles. The summed E-state index contributed by atoms with van der Waals surface area (Å²) in [5.74, 6) is 0.386. The summed E-state index contributed by atoms with van der Waals surface area (Å²) in [4.78, 5) is 0. The van der Waals surface area contributed by atoms with Gasteiger partial charge in [-0.2, -0.15) is 0 Å². The lowest BCUT2D eigenvalue weighted by molar-refractivity contribution is 0.351. The summed E-state index contributed by atoms with van der Waals surface area (Å²) in [5, 5.41) is 3.25. The van der Waals surface area contributed by atoms with Gasteiger partial charge in [0.2, 0.25) is 0 Å². The van der Waals surface area contributed by atoms with Gasteiger partial charge in [-0.3, -0.25) is 0 Å². The van der Waals surface area contributed by atoms with Crippen LogP contribution in [0.25, 0.3) is 0 Å². The van der Waals surface area contributed by atoms with Crippen LogP contribution in [0, 0.1) is 5.82 Å². The Bertz CT molecular complexity index is 315. The fraction of sp³-hybridized carbons (Fsp3) is 0.400. The first-order valence-electron chi connectivity index (χ1n) is 4.38. The molecule has 78 valence electrons. The van der Waals surface area contributed by atoms with Gasteiger partial charge in [0.1, 0.15) is 11.6 Å². The van der Waals surface area contributed by atoms with E-state index in [0.29, 0.717) is 11.8 Å². The Hall–Kier alpha value is -0.800. The summed E-state index contributed by atoms with van der Waals surface area (Å²) in [6.45, 7) is 1.03. The van der Waals surface area contributed by atoms with E-state index in [9.17, 15) is 4.39 Å². The van der Waals surface area contributed by atoms with Gasteiger partial charge in [-0.25, -0.2) is 4.39 Å². The first-order chi connectivity index (χ1) is 6.31. The van der Waals surface area contributed by atoms with E-state index >= 15 is 0 Å². The third-order valence-corrected chi connectivity index (χ3v) is 2.39. The van der Waals surface area contributed by atoms with Gasteiger partial charge < -0.3 is 10.1 Å². The SMILES string of the molecule is COc1cc(F)ccc1[C@H]1CCN1.Cl. The fourth-order valence-electron chi connectivity index (χ4n) is 1.53. The zero-order valence-corrected chi connectivity index (χ0v) is 8.73. The fourth-order valence-corrected chi connectivity index (χ4v) is 1.53. The van der Waals surface area contributed by atoms with Crippen LogP contribution in [-0.2, 0) is 0 Å². The van der Waals surface area contributed by atoms with Gasteiger partial charge in [0.05, 0.1) is 7.11 Å². The molecule has 0 bridgehead atoms. The van der Waals surface area contributed by atoms with Crippen molar-refractivity contribution in [1.82, 2.24) is 5.32 Å². The van der Waals surface area contributed by atoms with Gasteiger partial charge in [-0.1, -0.05) is 6.07 Å². The van der Waals surface area contributed by atoms with E-state index in [2.05, 4.69) is 5.32 Å². The van der Waals surface area contributed by atoms with Gasteiger partial charge in [0.25, 0.3) is 0 Å². The monoisotopic (exact) mass is 217 g/mol. The molecule has 1 saturated heterocycles. The molecule has 2 nitrogen and oxygen atoms in total. The van der Waals surface area contributed by atoms with Crippen LogP contribution in [-0.4, -0.2) is 13.7 Å². The maximum Gasteiger partial charge on any atom is 0.126 e. The number of ether oxygens (including phenoxy) is 1. The Labute approximate surface area is 88.9 Å². The molecule has 1 aromatic carbocycles. The summed E-state index contributed by atoms with van der Waals surface area (Å²) >= 11 is 0. The van der Waals surface area contributed by atoms with Crippen LogP contribution in [0.2, 0.25) is 0 Å². The molecule has 0 amide bonds. The molecule has 1 aromatic rings. The highest BCUT2D eigenvalue weighted by Crippen LogP contribution is 2.31. The Morgan fingerprint density at radius 1 is 1.50 bits per heavy atom. The first-order valence-corrected chi connectivity index (χ1v) is 4.38. The highest BCUT2D eigenvalue weighted by Gasteiger charge is 2.21. The lowest BCUT2D eigenvalue weighted by Crippen LogP contribution is -2.35. The predicted octanol–water partition coefficient (Wildman–Crippen LogP) is 2.29. The quantitative estimate of drug-likeness (QED) is 0.821. The molecule has 0 radical (unpaired) electrons. The van der Waals surface area contributed by atoms with Crippen LogP contribution in [0.5, 0.6) is 5.75 Å². The zero-order chi connectivity index (χ0) is 9.26. The van der Waals surface area contributed by atoms with Gasteiger partial charge in [-0.05, 0) is 19.0 Å². The smallest absolute Gasteiger partial charge is 0.126 e. The van der Waals surface area contributed by atoms with E-state index in [1.165, 1.54) is 12.1 Å². The van der Waals surface area contributed by atoms with Gasteiger partial charge in [0, 0.05) is 17.7 Å². The predicted molar refractivity (Wildman–Crippen MR) is 55.6 cm³/mol. The maximum absolute atomic E-state index is 12.8. The number of halogens is 2. The summed E-state index contributed by atoms with van der Waals surface area (Å²) in [6.07, 6.45) is 1.10. The first kappa shape index (κ1) is 11.3. The van der Waals surface area contributed by atoms with Gasteiger partial charge in [0.15, 0.2) is 0 Å². The van der Waals surface area contributed by atoms with Crippen LogP contribution in [0.3, 0.4) is 0 Å². The number of nitrogens with one attached hydrogen (secondary N) is 1. The molecule has 0 aromatic heterocycles. The van der Waals surface area contributed by atoms with Crippen molar-refractivity contribution < 1.29 is 9.13 Å². The van der Waals surface area contributed by atoms with Crippen molar-refractivity contribution in [3.05, 3.63) is 29.6 Å². The van der Waals surface area contributed by atoms with Crippen LogP contribution >= 0.6 is 12.4 Å². The van der Waals surface area contributed by atoms with Crippen molar-refractivity contribution in [2.45, 2.75) is 12.5 Å². The zero-order valence-electron chi connectivity index (χ0n) is 7.92. The minimum absolute atomic E-state index is 0. The normalized spacial score (nSPS) is 19.4. The Balaban J connectivity index is 0.000000980. The summed E-state index contributed by atoms with van der Waals surface area (Å²) < 4.78 is 17.9. The van der Waals surface area contributed by atoms with E-state index in [0.717, 1.165) is 18.5 Å². The minimum Gasteiger partial charge on any atom is -0.496 e. The molecule has 1 aliphatic rings. The highest BCUT2D eigenvalue weighted by molar-refractivity contribution is 5.85. The molecular weight excluding hydrogens is 205 g/mol. The van der Waals surface area contributed by atoms with Crippen LogP contribution < -0.4 is 10.1 Å². The summed E-state index contributed by atoms with van der Waals surface area (Å²) in [6, 6.07) is 5.02. The number of hydrogen-bond donors (Lipinski definition) is 1. The Morgan fingerprint density at radius 3 is 2.71 bits per heavy atom. The summed E-state index contributed by atoms with van der Waals surface area (Å²) in [7, 11) is 1.57. The Kier molecular flexibility index (Phi) is 3.72. The number of rotatable bonds is 2.